The monoisotopic (exact) mass is 531 g/mol. The van der Waals surface area contributed by atoms with Gasteiger partial charge in [0, 0.05) is 24.9 Å². The van der Waals surface area contributed by atoms with E-state index in [0.29, 0.717) is 31.2 Å². The molecule has 0 bridgehead atoms. The third-order valence-electron chi connectivity index (χ3n) is 7.43. The lowest BCUT2D eigenvalue weighted by Crippen LogP contribution is -2.48. The van der Waals surface area contributed by atoms with E-state index < -0.39 is 17.7 Å². The van der Waals surface area contributed by atoms with E-state index in [-0.39, 0.29) is 31.2 Å². The molecule has 2 aliphatic heterocycles. The van der Waals surface area contributed by atoms with Crippen molar-refractivity contribution in [2.24, 2.45) is 0 Å². The molecule has 0 saturated carbocycles. The number of hydrogen-bond donors (Lipinski definition) is 2. The average molecular weight is 532 g/mol. The van der Waals surface area contributed by atoms with Crippen molar-refractivity contribution in [2.75, 3.05) is 25.4 Å². The maximum absolute atomic E-state index is 14.0. The number of nitrogens with one attached hydrogen (secondary N) is 1. The predicted octanol–water partition coefficient (Wildman–Crippen LogP) is 5.12. The second-order valence-corrected chi connectivity index (χ2v) is 10.1. The number of rotatable bonds is 2. The van der Waals surface area contributed by atoms with E-state index in [1.54, 1.807) is 9.80 Å². The van der Waals surface area contributed by atoms with Gasteiger partial charge in [-0.25, -0.2) is 18.6 Å². The maximum atomic E-state index is 14.0. The van der Waals surface area contributed by atoms with Gasteiger partial charge in [0.1, 0.15) is 18.1 Å². The number of aromatic nitrogens is 2. The van der Waals surface area contributed by atoms with Crippen LogP contribution in [0.3, 0.4) is 0 Å². The quantitative estimate of drug-likeness (QED) is 0.374. The molecule has 3 N–H and O–H groups in total. The summed E-state index contributed by atoms with van der Waals surface area (Å²) in [5, 5.41) is 0. The number of Topliss-reactive ketones (excluding diaryl/α,β-unsaturated/α-hetero) is 1. The predicted molar refractivity (Wildman–Crippen MR) is 142 cm³/mol. The SMILES string of the molecule is Cc1cc(-c2ccc3nc(N)[nH]c3c2)cc2c1OCCN(C(=O)N1CCC(=O)CC1c1ccc(F)c(F)c1)C2. The van der Waals surface area contributed by atoms with Gasteiger partial charge >= 0.3 is 6.03 Å². The van der Waals surface area contributed by atoms with Gasteiger partial charge in [0.25, 0.3) is 0 Å². The number of ether oxygens (including phenoxy) is 1. The number of ketones is 1. The molecule has 4 aromatic rings. The van der Waals surface area contributed by atoms with Gasteiger partial charge in [-0.15, -0.1) is 0 Å². The molecular weight excluding hydrogens is 504 g/mol. The van der Waals surface area contributed by atoms with Gasteiger partial charge < -0.3 is 25.3 Å². The summed E-state index contributed by atoms with van der Waals surface area (Å²) in [6, 6.07) is 12.5. The lowest BCUT2D eigenvalue weighted by Gasteiger charge is -2.38. The van der Waals surface area contributed by atoms with Crippen molar-refractivity contribution < 1.29 is 23.1 Å². The van der Waals surface area contributed by atoms with E-state index in [1.807, 2.05) is 37.3 Å². The summed E-state index contributed by atoms with van der Waals surface area (Å²) in [6.07, 6.45) is 0.276. The number of nitrogens with two attached hydrogens (primary N) is 1. The number of carbonyl (C=O) groups excluding carboxylic acids is 2. The highest BCUT2D eigenvalue weighted by molar-refractivity contribution is 5.85. The van der Waals surface area contributed by atoms with Gasteiger partial charge in [0.2, 0.25) is 0 Å². The topological polar surface area (TPSA) is 105 Å². The number of aryl methyl sites for hydroxylation is 1. The number of imidazole rings is 1. The Morgan fingerprint density at radius 2 is 1.92 bits per heavy atom. The van der Waals surface area contributed by atoms with Crippen LogP contribution in [-0.2, 0) is 11.3 Å². The largest absolute Gasteiger partial charge is 0.491 e. The van der Waals surface area contributed by atoms with Crippen molar-refractivity contribution in [1.29, 1.82) is 0 Å². The van der Waals surface area contributed by atoms with Crippen LogP contribution in [0.4, 0.5) is 19.5 Å². The fourth-order valence-corrected chi connectivity index (χ4v) is 5.51. The third-order valence-corrected chi connectivity index (χ3v) is 7.43. The Balaban J connectivity index is 1.31. The molecule has 3 heterocycles. The van der Waals surface area contributed by atoms with Crippen molar-refractivity contribution >= 4 is 28.8 Å². The molecule has 1 saturated heterocycles. The number of hydrogen-bond acceptors (Lipinski definition) is 5. The van der Waals surface area contributed by atoms with Crippen LogP contribution >= 0.6 is 0 Å². The zero-order chi connectivity index (χ0) is 27.3. The number of piperidine rings is 1. The summed E-state index contributed by atoms with van der Waals surface area (Å²) in [5.74, 6) is -0.902. The lowest BCUT2D eigenvalue weighted by atomic mass is 9.94. The third kappa shape index (κ3) is 4.67. The van der Waals surface area contributed by atoms with Gasteiger partial charge in [-0.05, 0) is 65.6 Å². The molecule has 0 aliphatic carbocycles. The maximum Gasteiger partial charge on any atom is 0.320 e. The van der Waals surface area contributed by atoms with E-state index in [9.17, 15) is 18.4 Å². The molecule has 6 rings (SSSR count). The zero-order valence-electron chi connectivity index (χ0n) is 21.3. The Kier molecular flexibility index (Phi) is 6.17. The number of carbonyl (C=O) groups is 2. The second kappa shape index (κ2) is 9.68. The molecular formula is C29H27F2N5O3. The second-order valence-electron chi connectivity index (χ2n) is 10.1. The molecule has 0 spiro atoms. The molecule has 2 amide bonds. The molecule has 1 unspecified atom stereocenters. The minimum Gasteiger partial charge on any atom is -0.491 e. The molecule has 1 aromatic heterocycles. The summed E-state index contributed by atoms with van der Waals surface area (Å²) >= 11 is 0. The Hall–Kier alpha value is -4.47. The van der Waals surface area contributed by atoms with Crippen molar-refractivity contribution in [3.05, 3.63) is 76.9 Å². The van der Waals surface area contributed by atoms with E-state index in [2.05, 4.69) is 9.97 Å². The van der Waals surface area contributed by atoms with Crippen LogP contribution in [0.1, 0.15) is 35.6 Å². The molecule has 200 valence electrons. The Morgan fingerprint density at radius 3 is 2.74 bits per heavy atom. The number of urea groups is 1. The van der Waals surface area contributed by atoms with Crippen molar-refractivity contribution in [3.63, 3.8) is 0 Å². The van der Waals surface area contributed by atoms with Crippen molar-refractivity contribution in [1.82, 2.24) is 19.8 Å². The number of nitrogens with zero attached hydrogens (tertiary/aromatic N) is 3. The number of H-pyrrole nitrogens is 1. The minimum atomic E-state index is -1.01. The number of fused-ring (bicyclic) bond motifs is 2. The fourth-order valence-electron chi connectivity index (χ4n) is 5.51. The van der Waals surface area contributed by atoms with Crippen molar-refractivity contribution in [3.8, 4) is 16.9 Å². The van der Waals surface area contributed by atoms with E-state index >= 15 is 0 Å². The summed E-state index contributed by atoms with van der Waals surface area (Å²) in [4.78, 5) is 36.7. The van der Waals surface area contributed by atoms with Gasteiger partial charge in [-0.1, -0.05) is 12.1 Å². The smallest absolute Gasteiger partial charge is 0.320 e. The van der Waals surface area contributed by atoms with Gasteiger partial charge in [-0.3, -0.25) is 4.79 Å². The van der Waals surface area contributed by atoms with Crippen LogP contribution in [-0.4, -0.2) is 51.3 Å². The first-order chi connectivity index (χ1) is 18.8. The summed E-state index contributed by atoms with van der Waals surface area (Å²) in [5.41, 5.74) is 11.5. The molecule has 8 nitrogen and oxygen atoms in total. The highest BCUT2D eigenvalue weighted by Gasteiger charge is 2.35. The summed E-state index contributed by atoms with van der Waals surface area (Å²) < 4.78 is 33.7. The number of likely N-dealkylation sites (tertiary alicyclic amines) is 1. The average Bonchev–Trinajstić information content (AvgIpc) is 3.15. The molecule has 1 fully saturated rings. The number of benzene rings is 3. The van der Waals surface area contributed by atoms with E-state index in [0.717, 1.165) is 51.2 Å². The summed E-state index contributed by atoms with van der Waals surface area (Å²) in [7, 11) is 0. The van der Waals surface area contributed by atoms with Crippen LogP contribution < -0.4 is 10.5 Å². The van der Waals surface area contributed by atoms with Gasteiger partial charge in [0.15, 0.2) is 17.6 Å². The number of halogens is 2. The highest BCUT2D eigenvalue weighted by atomic mass is 19.2. The highest BCUT2D eigenvalue weighted by Crippen LogP contribution is 2.36. The number of nitrogen functional groups attached to an aromatic ring is 1. The van der Waals surface area contributed by atoms with Crippen LogP contribution in [0.25, 0.3) is 22.2 Å². The summed E-state index contributed by atoms with van der Waals surface area (Å²) in [6.45, 7) is 3.13. The first kappa shape index (κ1) is 24.8. The Bertz CT molecular complexity index is 1620. The van der Waals surface area contributed by atoms with E-state index in [1.165, 1.54) is 6.07 Å². The lowest BCUT2D eigenvalue weighted by molar-refractivity contribution is -0.122. The Morgan fingerprint density at radius 1 is 1.08 bits per heavy atom. The number of aromatic amines is 1. The standard InChI is InChI=1S/C29H27F2N5O3/c1-16-10-19(17-3-5-24-25(13-17)34-28(32)33-24)11-20-15-35(8-9-39-27(16)20)29(38)36-7-6-21(37)14-26(36)18-2-4-22(30)23(31)12-18/h2-5,10-13,26H,6-9,14-15H2,1H3,(H3,32,33,34). The molecule has 39 heavy (non-hydrogen) atoms. The first-order valence-corrected chi connectivity index (χ1v) is 12.8. The van der Waals surface area contributed by atoms with Crippen molar-refractivity contribution in [2.45, 2.75) is 32.4 Å². The minimum absolute atomic E-state index is 0.0189. The van der Waals surface area contributed by atoms with E-state index in [4.69, 9.17) is 10.5 Å². The fraction of sp³-hybridized carbons (Fsp3) is 0.276. The van der Waals surface area contributed by atoms with Crippen LogP contribution in [0.2, 0.25) is 0 Å². The van der Waals surface area contributed by atoms with Crippen LogP contribution in [0.5, 0.6) is 5.75 Å². The molecule has 2 aliphatic rings. The Labute approximate surface area is 223 Å². The zero-order valence-corrected chi connectivity index (χ0v) is 21.3. The van der Waals surface area contributed by atoms with Crippen LogP contribution in [0, 0.1) is 18.6 Å². The van der Waals surface area contributed by atoms with Gasteiger partial charge in [-0.2, -0.15) is 0 Å². The number of amides is 2. The molecule has 0 radical (unpaired) electrons. The first-order valence-electron chi connectivity index (χ1n) is 12.8. The molecule has 1 atom stereocenters. The number of anilines is 1. The van der Waals surface area contributed by atoms with Crippen LogP contribution in [0.15, 0.2) is 48.5 Å². The molecule has 3 aromatic carbocycles. The van der Waals surface area contributed by atoms with Gasteiger partial charge in [0.05, 0.1) is 30.2 Å². The normalized spacial score (nSPS) is 17.6. The molecule has 10 heteroatoms.